The molecule has 3 aromatic heterocycles. The first-order valence-corrected chi connectivity index (χ1v) is 10.8. The number of para-hydroxylation sites is 2. The third-order valence-corrected chi connectivity index (χ3v) is 5.88. The van der Waals surface area contributed by atoms with Crippen molar-refractivity contribution in [1.82, 2.24) is 34.3 Å². The number of imidazole rings is 1. The number of aliphatic hydroxyl groups excluding tert-OH is 1. The zero-order chi connectivity index (χ0) is 24.2. The fourth-order valence-electron chi connectivity index (χ4n) is 4.29. The van der Waals surface area contributed by atoms with E-state index in [2.05, 4.69) is 29.5 Å². The molecule has 0 spiro atoms. The van der Waals surface area contributed by atoms with Gasteiger partial charge in [0.15, 0.2) is 11.6 Å². The third kappa shape index (κ3) is 4.09. The number of hydrogen-bond donors (Lipinski definition) is 1. The van der Waals surface area contributed by atoms with Crippen molar-refractivity contribution >= 4 is 16.9 Å². The molecule has 12 heteroatoms. The van der Waals surface area contributed by atoms with Gasteiger partial charge >= 0.3 is 6.18 Å². The van der Waals surface area contributed by atoms with Crippen molar-refractivity contribution in [2.24, 2.45) is 7.05 Å². The Morgan fingerprint density at radius 2 is 1.74 bits per heavy atom. The number of alkyl halides is 3. The van der Waals surface area contributed by atoms with Crippen LogP contribution in [0, 0.1) is 13.8 Å². The zero-order valence-corrected chi connectivity index (χ0v) is 18.8. The fraction of sp³-hybridized carbons (Fsp3) is 0.409. The Labute approximate surface area is 192 Å². The van der Waals surface area contributed by atoms with Crippen LogP contribution in [-0.4, -0.2) is 58.7 Å². The van der Waals surface area contributed by atoms with Gasteiger partial charge in [-0.05, 0) is 26.0 Å². The molecule has 4 aromatic rings. The number of aliphatic hydroxyl groups is 1. The second-order valence-electron chi connectivity index (χ2n) is 8.52. The standard InChI is InChI=1S/C22H23F3N8O/c1-12-26-18(32-10-14(11-32)20-29-15-6-4-5-7-16(15)31(20)3)8-19(27-12)33-21(28-13(2)30-33)17(34)9-22(23,24)25/h4-8,14,17,34H,9-11H2,1-3H3. The Hall–Kier alpha value is -3.54. The first-order valence-electron chi connectivity index (χ1n) is 10.8. The maximum Gasteiger partial charge on any atom is 0.392 e. The number of benzene rings is 1. The summed E-state index contributed by atoms with van der Waals surface area (Å²) in [5.41, 5.74) is 2.02. The second kappa shape index (κ2) is 8.05. The number of nitrogens with zero attached hydrogens (tertiary/aromatic N) is 8. The summed E-state index contributed by atoms with van der Waals surface area (Å²) in [5, 5.41) is 14.3. The van der Waals surface area contributed by atoms with Gasteiger partial charge in [0.05, 0.1) is 23.4 Å². The van der Waals surface area contributed by atoms with Gasteiger partial charge in [-0.25, -0.2) is 19.9 Å². The molecular formula is C22H23F3N8O. The van der Waals surface area contributed by atoms with Gasteiger partial charge in [0.1, 0.15) is 29.4 Å². The normalized spacial score (nSPS) is 15.7. The summed E-state index contributed by atoms with van der Waals surface area (Å²) in [6.45, 7) is 4.62. The Morgan fingerprint density at radius 3 is 2.44 bits per heavy atom. The summed E-state index contributed by atoms with van der Waals surface area (Å²) >= 11 is 0. The first kappa shape index (κ1) is 22.3. The molecule has 0 aliphatic carbocycles. The molecule has 1 atom stereocenters. The number of rotatable bonds is 5. The van der Waals surface area contributed by atoms with Crippen LogP contribution < -0.4 is 4.90 Å². The van der Waals surface area contributed by atoms with Gasteiger partial charge in [-0.1, -0.05) is 12.1 Å². The third-order valence-electron chi connectivity index (χ3n) is 5.88. The number of aromatic nitrogens is 7. The number of anilines is 1. The second-order valence-corrected chi connectivity index (χ2v) is 8.52. The predicted molar refractivity (Wildman–Crippen MR) is 118 cm³/mol. The Balaban J connectivity index is 1.40. The van der Waals surface area contributed by atoms with Crippen LogP contribution >= 0.6 is 0 Å². The van der Waals surface area contributed by atoms with Crippen LogP contribution in [0.1, 0.15) is 41.7 Å². The smallest absolute Gasteiger partial charge is 0.385 e. The molecule has 0 saturated carbocycles. The SMILES string of the molecule is Cc1nc(N2CC(c3nc4ccccc4n3C)C2)cc(-n2nc(C)nc2C(O)CC(F)(F)F)n1. The average molecular weight is 472 g/mol. The van der Waals surface area contributed by atoms with Crippen molar-refractivity contribution in [2.75, 3.05) is 18.0 Å². The minimum Gasteiger partial charge on any atom is -0.385 e. The monoisotopic (exact) mass is 472 g/mol. The molecule has 1 unspecified atom stereocenters. The molecule has 1 N–H and O–H groups in total. The minimum absolute atomic E-state index is 0.208. The van der Waals surface area contributed by atoms with Gasteiger partial charge in [-0.15, -0.1) is 5.10 Å². The summed E-state index contributed by atoms with van der Waals surface area (Å²) in [5.74, 6) is 2.55. The van der Waals surface area contributed by atoms with Gasteiger partial charge in [0.25, 0.3) is 0 Å². The summed E-state index contributed by atoms with van der Waals surface area (Å²) in [6, 6.07) is 9.62. The highest BCUT2D eigenvalue weighted by molar-refractivity contribution is 5.76. The highest BCUT2D eigenvalue weighted by atomic mass is 19.4. The maximum absolute atomic E-state index is 12.8. The molecule has 4 heterocycles. The quantitative estimate of drug-likeness (QED) is 0.477. The lowest BCUT2D eigenvalue weighted by Gasteiger charge is -2.39. The molecule has 1 fully saturated rings. The lowest BCUT2D eigenvalue weighted by Crippen LogP contribution is -2.46. The Morgan fingerprint density at radius 1 is 1.03 bits per heavy atom. The van der Waals surface area contributed by atoms with E-state index in [9.17, 15) is 18.3 Å². The van der Waals surface area contributed by atoms with Gasteiger partial charge in [0, 0.05) is 26.2 Å². The molecule has 1 aliphatic heterocycles. The number of fused-ring (bicyclic) bond motifs is 1. The average Bonchev–Trinajstić information content (AvgIpc) is 3.26. The van der Waals surface area contributed by atoms with E-state index in [1.807, 2.05) is 31.3 Å². The molecule has 178 valence electrons. The van der Waals surface area contributed by atoms with Crippen molar-refractivity contribution < 1.29 is 18.3 Å². The molecular weight excluding hydrogens is 449 g/mol. The van der Waals surface area contributed by atoms with Crippen molar-refractivity contribution in [3.63, 3.8) is 0 Å². The Bertz CT molecular complexity index is 1360. The largest absolute Gasteiger partial charge is 0.392 e. The summed E-state index contributed by atoms with van der Waals surface area (Å²) in [6.07, 6.45) is -7.82. The van der Waals surface area contributed by atoms with Crippen LogP contribution in [-0.2, 0) is 7.05 Å². The highest BCUT2D eigenvalue weighted by Crippen LogP contribution is 2.33. The van der Waals surface area contributed by atoms with E-state index in [0.717, 1.165) is 21.5 Å². The molecule has 5 rings (SSSR count). The van der Waals surface area contributed by atoms with Crippen molar-refractivity contribution in [2.45, 2.75) is 38.5 Å². The van der Waals surface area contributed by atoms with Crippen molar-refractivity contribution in [3.8, 4) is 5.82 Å². The van der Waals surface area contributed by atoms with Crippen LogP contribution in [0.4, 0.5) is 19.0 Å². The lowest BCUT2D eigenvalue weighted by molar-refractivity contribution is -0.155. The van der Waals surface area contributed by atoms with Crippen molar-refractivity contribution in [1.29, 1.82) is 0 Å². The van der Waals surface area contributed by atoms with E-state index in [-0.39, 0.29) is 23.4 Å². The molecule has 1 aliphatic rings. The maximum atomic E-state index is 12.8. The van der Waals surface area contributed by atoms with Crippen LogP contribution in [0.15, 0.2) is 30.3 Å². The van der Waals surface area contributed by atoms with E-state index < -0.39 is 18.7 Å². The molecule has 34 heavy (non-hydrogen) atoms. The molecule has 1 aromatic carbocycles. The molecule has 0 radical (unpaired) electrons. The van der Waals surface area contributed by atoms with E-state index in [4.69, 9.17) is 4.98 Å². The van der Waals surface area contributed by atoms with E-state index >= 15 is 0 Å². The highest BCUT2D eigenvalue weighted by Gasteiger charge is 2.35. The lowest BCUT2D eigenvalue weighted by atomic mass is 9.99. The number of aryl methyl sites for hydroxylation is 3. The number of hydrogen-bond acceptors (Lipinski definition) is 7. The van der Waals surface area contributed by atoms with Gasteiger partial charge in [-0.3, -0.25) is 0 Å². The summed E-state index contributed by atoms with van der Waals surface area (Å²) in [4.78, 5) is 19.7. The van der Waals surface area contributed by atoms with Gasteiger partial charge in [-0.2, -0.15) is 17.9 Å². The van der Waals surface area contributed by atoms with Gasteiger partial charge in [0.2, 0.25) is 0 Å². The topological polar surface area (TPSA) is 97.8 Å². The minimum atomic E-state index is -4.54. The number of halogens is 3. The van der Waals surface area contributed by atoms with Crippen LogP contribution in [0.25, 0.3) is 16.9 Å². The van der Waals surface area contributed by atoms with Crippen molar-refractivity contribution in [3.05, 3.63) is 53.6 Å². The van der Waals surface area contributed by atoms with Gasteiger partial charge < -0.3 is 14.6 Å². The Kier molecular flexibility index (Phi) is 5.27. The summed E-state index contributed by atoms with van der Waals surface area (Å²) in [7, 11) is 2.00. The molecule has 9 nitrogen and oxygen atoms in total. The summed E-state index contributed by atoms with van der Waals surface area (Å²) < 4.78 is 41.8. The molecule has 0 bridgehead atoms. The first-order chi connectivity index (χ1) is 16.1. The van der Waals surface area contributed by atoms with Crippen LogP contribution in [0.2, 0.25) is 0 Å². The van der Waals surface area contributed by atoms with E-state index in [0.29, 0.717) is 24.7 Å². The van der Waals surface area contributed by atoms with E-state index in [1.165, 1.54) is 0 Å². The molecule has 0 amide bonds. The van der Waals surface area contributed by atoms with Crippen LogP contribution in [0.3, 0.4) is 0 Å². The zero-order valence-electron chi connectivity index (χ0n) is 18.8. The fourth-order valence-corrected chi connectivity index (χ4v) is 4.29. The molecule has 1 saturated heterocycles. The van der Waals surface area contributed by atoms with E-state index in [1.54, 1.807) is 19.9 Å². The van der Waals surface area contributed by atoms with Crippen LogP contribution in [0.5, 0.6) is 0 Å². The predicted octanol–water partition coefficient (Wildman–Crippen LogP) is 3.15.